The maximum absolute atomic E-state index is 10.2. The molecule has 0 rings (SSSR count). The van der Waals surface area contributed by atoms with Gasteiger partial charge >= 0.3 is 5.97 Å². The first-order valence-electron chi connectivity index (χ1n) is 10.6. The van der Waals surface area contributed by atoms with Crippen LogP contribution in [0, 0.1) is 5.92 Å². The van der Waals surface area contributed by atoms with Crippen LogP contribution in [0.25, 0.3) is 0 Å². The molecule has 0 amide bonds. The molecule has 0 heterocycles. The van der Waals surface area contributed by atoms with Crippen LogP contribution < -0.4 is 0 Å². The lowest BCUT2D eigenvalue weighted by atomic mass is 10.1. The molecule has 0 unspecified atom stereocenters. The molecule has 0 aromatic carbocycles. The third-order valence-electron chi connectivity index (χ3n) is 3.39. The van der Waals surface area contributed by atoms with Gasteiger partial charge in [0.25, 0.3) is 0 Å². The van der Waals surface area contributed by atoms with E-state index in [1.807, 2.05) is 13.8 Å². The Hall–Kier alpha value is -0.890. The van der Waals surface area contributed by atoms with Gasteiger partial charge in [-0.2, -0.15) is 0 Å². The number of carboxylic acid groups (broad SMARTS) is 1. The standard InChI is InChI=1S/C8H18O5.C6H14O4.C6H12O2/c9-1-3-11-5-7-13-8-6-12-4-2-10;7-1-3-9-5-6-10-4-2-8;1-3-5(4-2)6(7)8/h9-10H,1-8H2;7-8H,1-6H2;5H,3-4H2,1-2H3,(H,7,8). The Morgan fingerprint density at radius 2 is 0.774 bits per heavy atom. The SMILES string of the molecule is CCC(CC)C(=O)O.OCCOCCOCCO.OCCOCCOCCOCCO. The van der Waals surface area contributed by atoms with Crippen LogP contribution in [-0.4, -0.2) is 124 Å². The maximum atomic E-state index is 10.2. The first-order valence-corrected chi connectivity index (χ1v) is 10.6. The molecule has 0 radical (unpaired) electrons. The normalized spacial score (nSPS) is 10.3. The van der Waals surface area contributed by atoms with Gasteiger partial charge in [-0.25, -0.2) is 0 Å². The van der Waals surface area contributed by atoms with Crippen molar-refractivity contribution in [2.24, 2.45) is 5.92 Å². The van der Waals surface area contributed by atoms with Gasteiger partial charge in [-0.05, 0) is 12.8 Å². The van der Waals surface area contributed by atoms with Crippen LogP contribution in [0.5, 0.6) is 0 Å². The van der Waals surface area contributed by atoms with Gasteiger partial charge in [-0.3, -0.25) is 4.79 Å². The second-order valence-corrected chi connectivity index (χ2v) is 5.81. The highest BCUT2D eigenvalue weighted by atomic mass is 16.5. The molecule has 11 heteroatoms. The van der Waals surface area contributed by atoms with E-state index >= 15 is 0 Å². The molecular formula is C20H44O11. The van der Waals surface area contributed by atoms with Crippen molar-refractivity contribution in [1.29, 1.82) is 0 Å². The summed E-state index contributed by atoms with van der Waals surface area (Å²) in [7, 11) is 0. The van der Waals surface area contributed by atoms with Gasteiger partial charge in [0.05, 0.1) is 98.4 Å². The summed E-state index contributed by atoms with van der Waals surface area (Å²) in [6.07, 6.45) is 1.48. The molecule has 0 fully saturated rings. The number of hydrogen-bond donors (Lipinski definition) is 5. The highest BCUT2D eigenvalue weighted by Crippen LogP contribution is 2.05. The predicted molar refractivity (Wildman–Crippen MR) is 114 cm³/mol. The Morgan fingerprint density at radius 1 is 0.548 bits per heavy atom. The molecule has 190 valence electrons. The summed E-state index contributed by atoms with van der Waals surface area (Å²) in [6, 6.07) is 0. The minimum absolute atomic E-state index is 0.0413. The summed E-state index contributed by atoms with van der Waals surface area (Å²) < 4.78 is 24.8. The first kappa shape index (κ1) is 34.7. The van der Waals surface area contributed by atoms with Gasteiger partial charge in [0.2, 0.25) is 0 Å². The number of rotatable bonds is 20. The third-order valence-corrected chi connectivity index (χ3v) is 3.39. The zero-order valence-corrected chi connectivity index (χ0v) is 19.1. The average molecular weight is 461 g/mol. The first-order chi connectivity index (χ1) is 15.0. The van der Waals surface area contributed by atoms with E-state index in [1.54, 1.807) is 0 Å². The van der Waals surface area contributed by atoms with Crippen LogP contribution in [0.4, 0.5) is 0 Å². The van der Waals surface area contributed by atoms with Crippen LogP contribution in [0.3, 0.4) is 0 Å². The molecular weight excluding hydrogens is 416 g/mol. The fourth-order valence-electron chi connectivity index (χ4n) is 1.76. The monoisotopic (exact) mass is 460 g/mol. The summed E-state index contributed by atoms with van der Waals surface area (Å²) in [5.41, 5.74) is 0. The smallest absolute Gasteiger partial charge is 0.306 e. The molecule has 0 saturated heterocycles. The summed E-state index contributed by atoms with van der Waals surface area (Å²) in [5, 5.41) is 41.6. The number of ether oxygens (including phenoxy) is 5. The van der Waals surface area contributed by atoms with Crippen molar-refractivity contribution in [3.8, 4) is 0 Å². The van der Waals surface area contributed by atoms with Gasteiger partial charge in [0.1, 0.15) is 0 Å². The van der Waals surface area contributed by atoms with E-state index in [0.717, 1.165) is 12.8 Å². The molecule has 0 aromatic heterocycles. The lowest BCUT2D eigenvalue weighted by molar-refractivity contribution is -0.141. The minimum atomic E-state index is -0.671. The zero-order valence-electron chi connectivity index (χ0n) is 19.1. The Labute approximate surface area is 185 Å². The van der Waals surface area contributed by atoms with E-state index in [-0.39, 0.29) is 32.3 Å². The van der Waals surface area contributed by atoms with Crippen molar-refractivity contribution >= 4 is 5.97 Å². The second kappa shape index (κ2) is 33.7. The summed E-state index contributed by atoms with van der Waals surface area (Å²) in [6.45, 7) is 8.27. The molecule has 11 nitrogen and oxygen atoms in total. The molecule has 0 aromatic rings. The van der Waals surface area contributed by atoms with E-state index in [0.29, 0.717) is 66.1 Å². The van der Waals surface area contributed by atoms with Crippen molar-refractivity contribution < 1.29 is 54.0 Å². The van der Waals surface area contributed by atoms with Gasteiger partial charge in [0, 0.05) is 0 Å². The highest BCUT2D eigenvalue weighted by molar-refractivity contribution is 5.69. The number of aliphatic carboxylic acids is 1. The van der Waals surface area contributed by atoms with Crippen molar-refractivity contribution in [3.05, 3.63) is 0 Å². The number of aliphatic hydroxyl groups excluding tert-OH is 4. The maximum Gasteiger partial charge on any atom is 0.306 e. The topological polar surface area (TPSA) is 164 Å². The Balaban J connectivity index is -0.000000392. The van der Waals surface area contributed by atoms with Crippen LogP contribution in [-0.2, 0) is 28.5 Å². The molecule has 0 saturated carbocycles. The molecule has 0 aliphatic heterocycles. The third kappa shape index (κ3) is 36.8. The molecule has 0 spiro atoms. The van der Waals surface area contributed by atoms with Crippen molar-refractivity contribution in [1.82, 2.24) is 0 Å². The van der Waals surface area contributed by atoms with Crippen molar-refractivity contribution in [2.45, 2.75) is 26.7 Å². The Kier molecular flexibility index (Phi) is 37.8. The zero-order chi connectivity index (χ0) is 24.0. The minimum Gasteiger partial charge on any atom is -0.481 e. The predicted octanol–water partition coefficient (Wildman–Crippen LogP) is -0.468. The number of carbonyl (C=O) groups is 1. The Morgan fingerprint density at radius 3 is 0.903 bits per heavy atom. The summed E-state index contributed by atoms with van der Waals surface area (Å²) in [5.74, 6) is -0.801. The molecule has 5 N–H and O–H groups in total. The van der Waals surface area contributed by atoms with E-state index in [1.165, 1.54) is 0 Å². The van der Waals surface area contributed by atoms with E-state index < -0.39 is 5.97 Å². The lowest BCUT2D eigenvalue weighted by Crippen LogP contribution is -2.11. The van der Waals surface area contributed by atoms with Crippen LogP contribution in [0.1, 0.15) is 26.7 Å². The van der Waals surface area contributed by atoms with Gasteiger partial charge in [-0.1, -0.05) is 13.8 Å². The van der Waals surface area contributed by atoms with Crippen LogP contribution in [0.15, 0.2) is 0 Å². The second-order valence-electron chi connectivity index (χ2n) is 5.81. The van der Waals surface area contributed by atoms with Crippen LogP contribution in [0.2, 0.25) is 0 Å². The lowest BCUT2D eigenvalue weighted by Gasteiger charge is -2.04. The molecule has 0 aliphatic carbocycles. The highest BCUT2D eigenvalue weighted by Gasteiger charge is 2.10. The number of aliphatic hydroxyl groups is 4. The van der Waals surface area contributed by atoms with Gasteiger partial charge in [0.15, 0.2) is 0 Å². The van der Waals surface area contributed by atoms with Crippen molar-refractivity contribution in [2.75, 3.05) is 92.5 Å². The van der Waals surface area contributed by atoms with Gasteiger partial charge in [-0.15, -0.1) is 0 Å². The fourth-order valence-corrected chi connectivity index (χ4v) is 1.76. The molecule has 0 aliphatic rings. The van der Waals surface area contributed by atoms with Gasteiger partial charge < -0.3 is 49.2 Å². The van der Waals surface area contributed by atoms with E-state index in [9.17, 15) is 4.79 Å². The van der Waals surface area contributed by atoms with E-state index in [2.05, 4.69) is 0 Å². The number of carboxylic acids is 1. The summed E-state index contributed by atoms with van der Waals surface area (Å²) >= 11 is 0. The molecule has 0 atom stereocenters. The average Bonchev–Trinajstić information content (AvgIpc) is 2.77. The quantitative estimate of drug-likeness (QED) is 0.149. The Bertz CT molecular complexity index is 298. The fraction of sp³-hybridized carbons (Fsp3) is 0.950. The number of hydrogen-bond acceptors (Lipinski definition) is 10. The van der Waals surface area contributed by atoms with Crippen molar-refractivity contribution in [3.63, 3.8) is 0 Å². The molecule has 0 bridgehead atoms. The molecule has 31 heavy (non-hydrogen) atoms. The van der Waals surface area contributed by atoms with Crippen LogP contribution >= 0.6 is 0 Å². The van der Waals surface area contributed by atoms with E-state index in [4.69, 9.17) is 49.2 Å². The summed E-state index contributed by atoms with van der Waals surface area (Å²) in [4.78, 5) is 10.2. The largest absolute Gasteiger partial charge is 0.481 e.